The minimum absolute atomic E-state index is 0.0638. The second-order valence-electron chi connectivity index (χ2n) is 9.42. The second kappa shape index (κ2) is 14.1. The fraction of sp³-hybridized carbons (Fsp3) is 0.355. The largest absolute Gasteiger partial charge is 0.507 e. The molecule has 0 fully saturated rings. The van der Waals surface area contributed by atoms with Gasteiger partial charge in [0.1, 0.15) is 23.0 Å². The van der Waals surface area contributed by atoms with Crippen LogP contribution in [0.15, 0.2) is 84.4 Å². The van der Waals surface area contributed by atoms with Crippen molar-refractivity contribution in [1.82, 2.24) is 0 Å². The molecule has 0 saturated heterocycles. The molecule has 1 aliphatic rings. The first-order valence-corrected chi connectivity index (χ1v) is 14.3. The van der Waals surface area contributed by atoms with Crippen molar-refractivity contribution in [3.05, 3.63) is 95.6 Å². The van der Waals surface area contributed by atoms with Crippen LogP contribution in [-0.4, -0.2) is 11.9 Å². The van der Waals surface area contributed by atoms with Gasteiger partial charge in [-0.05, 0) is 81.0 Å². The summed E-state index contributed by atoms with van der Waals surface area (Å²) in [5, 5.41) is 11.1. The van der Waals surface area contributed by atoms with Crippen LogP contribution in [0.1, 0.15) is 69.4 Å². The number of aromatic hydroxyl groups is 1. The van der Waals surface area contributed by atoms with E-state index in [0.29, 0.717) is 23.0 Å². The van der Waals surface area contributed by atoms with E-state index in [9.17, 15) is 5.11 Å². The molecule has 37 heavy (non-hydrogen) atoms. The number of allylic oxidation sites excluding steroid dienone is 2. The Kier molecular flexibility index (Phi) is 10.3. The summed E-state index contributed by atoms with van der Waals surface area (Å²) >= 11 is 0. The van der Waals surface area contributed by atoms with Crippen LogP contribution >= 0.6 is 8.60 Å². The lowest BCUT2D eigenvalue weighted by atomic mass is 9.84. The second-order valence-corrected chi connectivity index (χ2v) is 10.5. The first kappa shape index (κ1) is 27.0. The van der Waals surface area contributed by atoms with Gasteiger partial charge in [-0.1, -0.05) is 67.8 Å². The van der Waals surface area contributed by atoms with E-state index in [-0.39, 0.29) is 12.7 Å². The lowest BCUT2D eigenvalue weighted by molar-refractivity contribution is 0.107. The van der Waals surface area contributed by atoms with Gasteiger partial charge >= 0.3 is 8.60 Å². The van der Waals surface area contributed by atoms with Crippen molar-refractivity contribution in [1.29, 1.82) is 0 Å². The molecule has 196 valence electrons. The van der Waals surface area contributed by atoms with E-state index in [0.717, 1.165) is 56.1 Å². The lowest BCUT2D eigenvalue weighted by Crippen LogP contribution is -2.10. The molecule has 0 saturated carbocycles. The van der Waals surface area contributed by atoms with Crippen molar-refractivity contribution in [3.8, 4) is 23.0 Å². The first-order chi connectivity index (χ1) is 18.1. The Hall–Kier alpha value is -3.01. The molecule has 1 aliphatic carbocycles. The molecular weight excluding hydrogens is 483 g/mol. The summed E-state index contributed by atoms with van der Waals surface area (Å²) in [6.45, 7) is 4.28. The number of aryl methyl sites for hydroxylation is 1. The first-order valence-electron chi connectivity index (χ1n) is 13.2. The van der Waals surface area contributed by atoms with E-state index in [4.69, 9.17) is 18.3 Å². The normalized spacial score (nSPS) is 15.3. The Morgan fingerprint density at radius 2 is 1.59 bits per heavy atom. The van der Waals surface area contributed by atoms with Crippen molar-refractivity contribution in [2.24, 2.45) is 0 Å². The highest BCUT2D eigenvalue weighted by Crippen LogP contribution is 2.44. The van der Waals surface area contributed by atoms with Gasteiger partial charge in [-0.15, -0.1) is 0 Å². The summed E-state index contributed by atoms with van der Waals surface area (Å²) in [6, 6.07) is 22.9. The number of hydrogen-bond donors (Lipinski definition) is 1. The third kappa shape index (κ3) is 8.24. The molecule has 3 aromatic rings. The van der Waals surface area contributed by atoms with Gasteiger partial charge in [0.25, 0.3) is 0 Å². The highest BCUT2D eigenvalue weighted by atomic mass is 31.2. The van der Waals surface area contributed by atoms with Crippen LogP contribution in [0.3, 0.4) is 0 Å². The molecule has 3 aromatic carbocycles. The summed E-state index contributed by atoms with van der Waals surface area (Å²) in [4.78, 5) is 0. The maximum atomic E-state index is 11.1. The lowest BCUT2D eigenvalue weighted by Gasteiger charge is -2.24. The van der Waals surface area contributed by atoms with E-state index in [1.807, 2.05) is 66.7 Å². The summed E-state index contributed by atoms with van der Waals surface area (Å²) in [6.07, 6.45) is 9.73. The van der Waals surface area contributed by atoms with Gasteiger partial charge in [0.2, 0.25) is 0 Å². The van der Waals surface area contributed by atoms with E-state index in [2.05, 4.69) is 26.0 Å². The van der Waals surface area contributed by atoms with Gasteiger partial charge in [0.15, 0.2) is 6.79 Å². The Bertz CT molecular complexity index is 1090. The quantitative estimate of drug-likeness (QED) is 0.105. The maximum absolute atomic E-state index is 11.1. The average Bonchev–Trinajstić information content (AvgIpc) is 2.90. The molecule has 0 aliphatic heterocycles. The Balaban J connectivity index is 1.51. The number of hydrogen-bond acceptors (Lipinski definition) is 5. The van der Waals surface area contributed by atoms with Crippen molar-refractivity contribution in [2.75, 3.05) is 6.79 Å². The molecule has 0 heterocycles. The molecule has 0 aromatic heterocycles. The molecule has 4 rings (SSSR count). The number of para-hydroxylation sites is 2. The van der Waals surface area contributed by atoms with Gasteiger partial charge in [-0.2, -0.15) is 0 Å². The van der Waals surface area contributed by atoms with Gasteiger partial charge in [-0.3, -0.25) is 4.52 Å². The smallest absolute Gasteiger partial charge is 0.466 e. The van der Waals surface area contributed by atoms with E-state index >= 15 is 0 Å². The molecular formula is C31H37O5P. The number of ether oxygens (including phenoxy) is 1. The van der Waals surface area contributed by atoms with Crippen LogP contribution in [0.2, 0.25) is 0 Å². The van der Waals surface area contributed by atoms with Gasteiger partial charge < -0.3 is 18.9 Å². The summed E-state index contributed by atoms with van der Waals surface area (Å²) in [5.74, 6) is 2.39. The summed E-state index contributed by atoms with van der Waals surface area (Å²) < 4.78 is 24.2. The van der Waals surface area contributed by atoms with Crippen LogP contribution < -0.4 is 13.8 Å². The molecule has 1 unspecified atom stereocenters. The van der Waals surface area contributed by atoms with Gasteiger partial charge in [0.05, 0.1) is 0 Å². The highest BCUT2D eigenvalue weighted by molar-refractivity contribution is 7.42. The van der Waals surface area contributed by atoms with Crippen molar-refractivity contribution >= 4 is 8.60 Å². The number of phenolic OH excluding ortho intramolecular Hbond substituents is 1. The standard InChI is InChI=1S/C31H37O5P/c1-3-4-7-14-25-21-29(32)31(26-15-12-13-24(2)20-26)30(22-25)33-23-34-37(35-27-16-8-5-9-17-27)36-28-18-10-6-11-19-28/h5-6,8-11,16-22,26,32H,3-4,7,12-15,23H2,1-2H3. The zero-order chi connectivity index (χ0) is 25.9. The van der Waals surface area contributed by atoms with Crippen molar-refractivity contribution in [2.45, 2.75) is 64.7 Å². The van der Waals surface area contributed by atoms with Crippen LogP contribution in [0, 0.1) is 0 Å². The van der Waals surface area contributed by atoms with Crippen LogP contribution in [0.5, 0.6) is 23.0 Å². The summed E-state index contributed by atoms with van der Waals surface area (Å²) in [7, 11) is -1.77. The predicted molar refractivity (Wildman–Crippen MR) is 149 cm³/mol. The number of phenols is 1. The van der Waals surface area contributed by atoms with E-state index in [1.54, 1.807) is 0 Å². The van der Waals surface area contributed by atoms with E-state index in [1.165, 1.54) is 5.57 Å². The molecule has 6 heteroatoms. The molecule has 0 bridgehead atoms. The minimum Gasteiger partial charge on any atom is -0.507 e. The average molecular weight is 521 g/mol. The van der Waals surface area contributed by atoms with Crippen molar-refractivity contribution in [3.63, 3.8) is 0 Å². The monoisotopic (exact) mass is 520 g/mol. The number of benzene rings is 3. The summed E-state index contributed by atoms with van der Waals surface area (Å²) in [5.41, 5.74) is 3.25. The maximum Gasteiger partial charge on any atom is 0.466 e. The third-order valence-corrected chi connectivity index (χ3v) is 7.45. The zero-order valence-electron chi connectivity index (χ0n) is 21.8. The molecule has 0 radical (unpaired) electrons. The fourth-order valence-electron chi connectivity index (χ4n) is 4.56. The topological polar surface area (TPSA) is 57.2 Å². The predicted octanol–water partition coefficient (Wildman–Crippen LogP) is 9.08. The van der Waals surface area contributed by atoms with E-state index < -0.39 is 8.60 Å². The fourth-order valence-corrected chi connectivity index (χ4v) is 5.43. The van der Waals surface area contributed by atoms with Crippen LogP contribution in [-0.2, 0) is 10.9 Å². The SMILES string of the molecule is CCCCCc1cc(O)c(C2C=C(C)CCC2)c(OCOP(Oc2ccccc2)Oc2ccccc2)c1. The molecule has 0 amide bonds. The Morgan fingerprint density at radius 1 is 0.919 bits per heavy atom. The molecule has 1 atom stereocenters. The zero-order valence-corrected chi connectivity index (χ0v) is 22.7. The third-order valence-electron chi connectivity index (χ3n) is 6.41. The van der Waals surface area contributed by atoms with Crippen LogP contribution in [0.4, 0.5) is 0 Å². The Labute approximate surface area is 222 Å². The Morgan fingerprint density at radius 3 is 2.22 bits per heavy atom. The molecule has 0 spiro atoms. The molecule has 1 N–H and O–H groups in total. The number of rotatable bonds is 13. The van der Waals surface area contributed by atoms with Crippen LogP contribution in [0.25, 0.3) is 0 Å². The van der Waals surface area contributed by atoms with Crippen molar-refractivity contribution < 1.29 is 23.4 Å². The molecule has 5 nitrogen and oxygen atoms in total. The highest BCUT2D eigenvalue weighted by Gasteiger charge is 2.24. The minimum atomic E-state index is -1.77. The number of unbranched alkanes of at least 4 members (excludes halogenated alkanes) is 2. The van der Waals surface area contributed by atoms with Gasteiger partial charge in [0, 0.05) is 11.5 Å². The van der Waals surface area contributed by atoms with Gasteiger partial charge in [-0.25, -0.2) is 0 Å².